The van der Waals surface area contributed by atoms with Crippen molar-refractivity contribution in [3.63, 3.8) is 0 Å². The fraction of sp³-hybridized carbons (Fsp3) is 0.333. The highest BCUT2D eigenvalue weighted by molar-refractivity contribution is 5.73. The molecule has 4 heteroatoms. The van der Waals surface area contributed by atoms with Crippen molar-refractivity contribution >= 4 is 5.97 Å². The van der Waals surface area contributed by atoms with Crippen LogP contribution in [0.1, 0.15) is 37.5 Å². The van der Waals surface area contributed by atoms with Crippen molar-refractivity contribution in [1.29, 1.82) is 0 Å². The zero-order chi connectivity index (χ0) is 18.1. The SMILES string of the molecule is CC(C)(C)OC(=O)Cc1cnccc1C#CCOCc1ccccc1. The number of ether oxygens (including phenoxy) is 2. The number of carbonyl (C=O) groups is 1. The third kappa shape index (κ3) is 7.19. The van der Waals surface area contributed by atoms with E-state index < -0.39 is 5.60 Å². The fourth-order valence-corrected chi connectivity index (χ4v) is 2.15. The number of hydrogen-bond donors (Lipinski definition) is 0. The van der Waals surface area contributed by atoms with Gasteiger partial charge in [-0.15, -0.1) is 0 Å². The van der Waals surface area contributed by atoms with Gasteiger partial charge in [-0.3, -0.25) is 9.78 Å². The summed E-state index contributed by atoms with van der Waals surface area (Å²) in [7, 11) is 0. The number of pyridine rings is 1. The van der Waals surface area contributed by atoms with Gasteiger partial charge in [-0.2, -0.15) is 0 Å². The maximum Gasteiger partial charge on any atom is 0.310 e. The summed E-state index contributed by atoms with van der Waals surface area (Å²) in [5.41, 5.74) is 2.13. The first-order valence-electron chi connectivity index (χ1n) is 8.19. The van der Waals surface area contributed by atoms with Crippen LogP contribution in [-0.2, 0) is 27.3 Å². The number of benzene rings is 1. The summed E-state index contributed by atoms with van der Waals surface area (Å²) in [6, 6.07) is 11.7. The fourth-order valence-electron chi connectivity index (χ4n) is 2.15. The Morgan fingerprint density at radius 2 is 1.92 bits per heavy atom. The van der Waals surface area contributed by atoms with Crippen LogP contribution in [-0.4, -0.2) is 23.2 Å². The maximum absolute atomic E-state index is 12.0. The molecule has 130 valence electrons. The van der Waals surface area contributed by atoms with E-state index in [1.165, 1.54) is 0 Å². The molecule has 0 radical (unpaired) electrons. The van der Waals surface area contributed by atoms with Crippen molar-refractivity contribution in [2.75, 3.05) is 6.61 Å². The molecule has 25 heavy (non-hydrogen) atoms. The number of aromatic nitrogens is 1. The van der Waals surface area contributed by atoms with Crippen LogP contribution < -0.4 is 0 Å². The van der Waals surface area contributed by atoms with Crippen molar-refractivity contribution in [2.45, 2.75) is 39.4 Å². The predicted molar refractivity (Wildman–Crippen MR) is 96.8 cm³/mol. The van der Waals surface area contributed by atoms with Crippen molar-refractivity contribution in [3.8, 4) is 11.8 Å². The molecule has 0 spiro atoms. The van der Waals surface area contributed by atoms with Crippen LogP contribution in [0.3, 0.4) is 0 Å². The molecule has 0 fully saturated rings. The van der Waals surface area contributed by atoms with Gasteiger partial charge in [-0.25, -0.2) is 0 Å². The number of carbonyl (C=O) groups excluding carboxylic acids is 1. The molecular formula is C21H23NO3. The number of esters is 1. The first-order chi connectivity index (χ1) is 11.9. The molecule has 2 rings (SSSR count). The van der Waals surface area contributed by atoms with Crippen LogP contribution >= 0.6 is 0 Å². The van der Waals surface area contributed by atoms with E-state index in [-0.39, 0.29) is 12.4 Å². The van der Waals surface area contributed by atoms with Crippen LogP contribution in [0.4, 0.5) is 0 Å². The highest BCUT2D eigenvalue weighted by atomic mass is 16.6. The second kappa shape index (κ2) is 9.00. The van der Waals surface area contributed by atoms with E-state index in [1.807, 2.05) is 51.1 Å². The summed E-state index contributed by atoms with van der Waals surface area (Å²) >= 11 is 0. The molecule has 0 saturated heterocycles. The van der Waals surface area contributed by atoms with E-state index in [2.05, 4.69) is 16.8 Å². The highest BCUT2D eigenvalue weighted by Crippen LogP contribution is 2.12. The normalized spacial score (nSPS) is 10.7. The van der Waals surface area contributed by atoms with Gasteiger partial charge in [-0.1, -0.05) is 42.2 Å². The smallest absolute Gasteiger partial charge is 0.310 e. The third-order valence-corrected chi connectivity index (χ3v) is 3.17. The molecular weight excluding hydrogens is 314 g/mol. The Kier molecular flexibility index (Phi) is 6.73. The second-order valence-electron chi connectivity index (χ2n) is 6.58. The van der Waals surface area contributed by atoms with Gasteiger partial charge in [0.1, 0.15) is 12.2 Å². The lowest BCUT2D eigenvalue weighted by Gasteiger charge is -2.19. The van der Waals surface area contributed by atoms with Gasteiger partial charge in [0.15, 0.2) is 0 Å². The number of hydrogen-bond acceptors (Lipinski definition) is 4. The van der Waals surface area contributed by atoms with Crippen molar-refractivity contribution in [3.05, 3.63) is 65.5 Å². The molecule has 2 aromatic rings. The summed E-state index contributed by atoms with van der Waals surface area (Å²) in [5.74, 6) is 5.74. The molecule has 0 aliphatic rings. The Bertz CT molecular complexity index is 752. The minimum atomic E-state index is -0.504. The van der Waals surface area contributed by atoms with Crippen LogP contribution in [0, 0.1) is 11.8 Å². The zero-order valence-electron chi connectivity index (χ0n) is 14.9. The third-order valence-electron chi connectivity index (χ3n) is 3.17. The quantitative estimate of drug-likeness (QED) is 0.476. The summed E-state index contributed by atoms with van der Waals surface area (Å²) in [5, 5.41) is 0. The predicted octanol–water partition coefficient (Wildman–Crippen LogP) is 3.53. The Morgan fingerprint density at radius 1 is 1.16 bits per heavy atom. The molecule has 0 atom stereocenters. The minimum absolute atomic E-state index is 0.153. The molecule has 1 aromatic heterocycles. The molecule has 0 unspecified atom stereocenters. The minimum Gasteiger partial charge on any atom is -0.460 e. The van der Waals surface area contributed by atoms with Gasteiger partial charge in [0.25, 0.3) is 0 Å². The molecule has 0 bridgehead atoms. The summed E-state index contributed by atoms with van der Waals surface area (Å²) in [6.07, 6.45) is 3.46. The lowest BCUT2D eigenvalue weighted by molar-refractivity contribution is -0.153. The Morgan fingerprint density at radius 3 is 2.64 bits per heavy atom. The van der Waals surface area contributed by atoms with Gasteiger partial charge in [0.2, 0.25) is 0 Å². The Balaban J connectivity index is 1.91. The number of nitrogens with zero attached hydrogens (tertiary/aromatic N) is 1. The van der Waals surface area contributed by atoms with Crippen LogP contribution in [0.2, 0.25) is 0 Å². The summed E-state index contributed by atoms with van der Waals surface area (Å²) < 4.78 is 10.9. The van der Waals surface area contributed by atoms with E-state index >= 15 is 0 Å². The molecule has 0 saturated carbocycles. The van der Waals surface area contributed by atoms with E-state index in [4.69, 9.17) is 9.47 Å². The van der Waals surface area contributed by atoms with Gasteiger partial charge in [0, 0.05) is 18.0 Å². The second-order valence-corrected chi connectivity index (χ2v) is 6.58. The largest absolute Gasteiger partial charge is 0.460 e. The van der Waals surface area contributed by atoms with Gasteiger partial charge in [-0.05, 0) is 38.0 Å². The average Bonchev–Trinajstić information content (AvgIpc) is 2.55. The molecule has 1 heterocycles. The lowest BCUT2D eigenvalue weighted by Crippen LogP contribution is -2.25. The molecule has 0 aliphatic heterocycles. The van der Waals surface area contributed by atoms with E-state index in [1.54, 1.807) is 18.5 Å². The Hall–Kier alpha value is -2.64. The molecule has 4 nitrogen and oxygen atoms in total. The van der Waals surface area contributed by atoms with Gasteiger partial charge >= 0.3 is 5.97 Å². The van der Waals surface area contributed by atoms with Gasteiger partial charge in [0.05, 0.1) is 13.0 Å². The van der Waals surface area contributed by atoms with Crippen LogP contribution in [0.15, 0.2) is 48.8 Å². The topological polar surface area (TPSA) is 48.4 Å². The molecule has 0 aliphatic carbocycles. The first-order valence-corrected chi connectivity index (χ1v) is 8.19. The summed E-state index contributed by atoms with van der Waals surface area (Å²) in [4.78, 5) is 16.1. The van der Waals surface area contributed by atoms with Crippen molar-refractivity contribution < 1.29 is 14.3 Å². The van der Waals surface area contributed by atoms with E-state index in [9.17, 15) is 4.79 Å². The van der Waals surface area contributed by atoms with E-state index in [0.29, 0.717) is 13.2 Å². The van der Waals surface area contributed by atoms with E-state index in [0.717, 1.165) is 16.7 Å². The summed E-state index contributed by atoms with van der Waals surface area (Å²) in [6.45, 7) is 6.39. The van der Waals surface area contributed by atoms with Crippen molar-refractivity contribution in [2.24, 2.45) is 0 Å². The van der Waals surface area contributed by atoms with Crippen LogP contribution in [0.25, 0.3) is 0 Å². The molecule has 1 aromatic carbocycles. The average molecular weight is 337 g/mol. The molecule has 0 amide bonds. The molecule has 0 N–H and O–H groups in total. The monoisotopic (exact) mass is 337 g/mol. The zero-order valence-corrected chi connectivity index (χ0v) is 14.9. The Labute approximate surface area is 149 Å². The lowest BCUT2D eigenvalue weighted by atomic mass is 10.1. The first kappa shape index (κ1) is 18.7. The number of rotatable bonds is 5. The standard InChI is InChI=1S/C21H23NO3/c1-21(2,3)25-20(23)14-19-15-22-12-11-18(19)10-7-13-24-16-17-8-5-4-6-9-17/h4-6,8-9,11-12,15H,13-14,16H2,1-3H3. The van der Waals surface area contributed by atoms with Crippen molar-refractivity contribution in [1.82, 2.24) is 4.98 Å². The van der Waals surface area contributed by atoms with Crippen LogP contribution in [0.5, 0.6) is 0 Å². The highest BCUT2D eigenvalue weighted by Gasteiger charge is 2.17. The maximum atomic E-state index is 12.0. The van der Waals surface area contributed by atoms with Gasteiger partial charge < -0.3 is 9.47 Å².